The Morgan fingerprint density at radius 2 is 2.00 bits per heavy atom. The van der Waals surface area contributed by atoms with E-state index in [1.165, 1.54) is 25.7 Å². The lowest BCUT2D eigenvalue weighted by molar-refractivity contribution is 0.0963. The summed E-state index contributed by atoms with van der Waals surface area (Å²) >= 11 is 0. The first kappa shape index (κ1) is 15.6. The number of nitrogens with two attached hydrogens (primary N) is 1. The molecule has 5 heteroatoms. The van der Waals surface area contributed by atoms with Crippen LogP contribution in [0.1, 0.15) is 36.0 Å². The second kappa shape index (κ2) is 6.35. The smallest absolute Gasteiger partial charge is 0.251 e. The molecule has 1 saturated carbocycles. The van der Waals surface area contributed by atoms with E-state index < -0.39 is 0 Å². The summed E-state index contributed by atoms with van der Waals surface area (Å²) in [5.41, 5.74) is 8.38. The molecule has 2 rings (SSSR count). The monoisotopic (exact) mass is 290 g/mol. The number of nitrogens with zero attached hydrogens (tertiary/aromatic N) is 1. The quantitative estimate of drug-likeness (QED) is 0.725. The third-order valence-corrected chi connectivity index (χ3v) is 4.63. The van der Waals surface area contributed by atoms with Crippen LogP contribution in [0.5, 0.6) is 0 Å². The lowest BCUT2D eigenvalue weighted by Crippen LogP contribution is -2.47. The molecule has 0 atom stereocenters. The Hall–Kier alpha value is -1.75. The molecule has 1 aliphatic carbocycles. The fourth-order valence-corrected chi connectivity index (χ4v) is 3.08. The Kier molecular flexibility index (Phi) is 4.73. The summed E-state index contributed by atoms with van der Waals surface area (Å²) in [4.78, 5) is 13.9. The zero-order chi connectivity index (χ0) is 15.5. The molecule has 1 aliphatic rings. The van der Waals surface area contributed by atoms with Crippen molar-refractivity contribution in [2.24, 2.45) is 0 Å². The first-order valence-electron chi connectivity index (χ1n) is 7.51. The van der Waals surface area contributed by atoms with Gasteiger partial charge in [-0.25, -0.2) is 0 Å². The average Bonchev–Trinajstić information content (AvgIpc) is 2.95. The molecule has 0 saturated heterocycles. The van der Waals surface area contributed by atoms with Crippen LogP contribution in [-0.2, 0) is 0 Å². The normalized spacial score (nSPS) is 17.0. The SMILES string of the molecule is CNC(=O)c1ccc(NCC2(N(C)C)CCCC2)c(N)c1. The van der Waals surface area contributed by atoms with Crippen LogP contribution in [0.15, 0.2) is 18.2 Å². The largest absolute Gasteiger partial charge is 0.397 e. The maximum atomic E-state index is 11.6. The number of rotatable bonds is 5. The molecule has 0 aliphatic heterocycles. The number of nitrogen functional groups attached to an aromatic ring is 1. The number of likely N-dealkylation sites (N-methyl/N-ethyl adjacent to an activating group) is 1. The highest BCUT2D eigenvalue weighted by Crippen LogP contribution is 2.34. The summed E-state index contributed by atoms with van der Waals surface area (Å²) in [6.45, 7) is 0.878. The minimum Gasteiger partial charge on any atom is -0.397 e. The molecule has 21 heavy (non-hydrogen) atoms. The van der Waals surface area contributed by atoms with E-state index in [4.69, 9.17) is 5.73 Å². The Morgan fingerprint density at radius 1 is 1.33 bits per heavy atom. The van der Waals surface area contributed by atoms with Gasteiger partial charge in [-0.15, -0.1) is 0 Å². The zero-order valence-electron chi connectivity index (χ0n) is 13.2. The third-order valence-electron chi connectivity index (χ3n) is 4.63. The van der Waals surface area contributed by atoms with Crippen LogP contribution in [0.4, 0.5) is 11.4 Å². The molecule has 1 fully saturated rings. The van der Waals surface area contributed by atoms with Crippen molar-refractivity contribution in [1.29, 1.82) is 0 Å². The van der Waals surface area contributed by atoms with Crippen LogP contribution in [0, 0.1) is 0 Å². The topological polar surface area (TPSA) is 70.4 Å². The second-order valence-electron chi connectivity index (χ2n) is 6.06. The molecule has 4 N–H and O–H groups in total. The summed E-state index contributed by atoms with van der Waals surface area (Å²) in [6.07, 6.45) is 4.99. The molecule has 1 aromatic carbocycles. The second-order valence-corrected chi connectivity index (χ2v) is 6.06. The van der Waals surface area contributed by atoms with Gasteiger partial charge >= 0.3 is 0 Å². The number of nitrogens with one attached hydrogen (secondary N) is 2. The van der Waals surface area contributed by atoms with Gasteiger partial charge in [0.15, 0.2) is 0 Å². The van der Waals surface area contributed by atoms with Crippen LogP contribution < -0.4 is 16.4 Å². The molecule has 1 aromatic rings. The predicted molar refractivity (Wildman–Crippen MR) is 87.6 cm³/mol. The van der Waals surface area contributed by atoms with Crippen LogP contribution in [0.25, 0.3) is 0 Å². The van der Waals surface area contributed by atoms with Gasteiger partial charge in [0, 0.05) is 24.7 Å². The van der Waals surface area contributed by atoms with Crippen molar-refractivity contribution >= 4 is 17.3 Å². The number of hydrogen-bond donors (Lipinski definition) is 3. The number of anilines is 2. The van der Waals surface area contributed by atoms with Gasteiger partial charge in [-0.2, -0.15) is 0 Å². The minimum atomic E-state index is -0.117. The van der Waals surface area contributed by atoms with Crippen molar-refractivity contribution in [3.63, 3.8) is 0 Å². The Bertz CT molecular complexity index is 507. The predicted octanol–water partition coefficient (Wildman–Crippen LogP) is 1.91. The van der Waals surface area contributed by atoms with Crippen molar-refractivity contribution in [3.8, 4) is 0 Å². The van der Waals surface area contributed by atoms with Gasteiger partial charge in [0.25, 0.3) is 5.91 Å². The third kappa shape index (κ3) is 3.29. The summed E-state index contributed by atoms with van der Waals surface area (Å²) in [7, 11) is 5.90. The highest BCUT2D eigenvalue weighted by atomic mass is 16.1. The molecule has 5 nitrogen and oxygen atoms in total. The lowest BCUT2D eigenvalue weighted by Gasteiger charge is -2.37. The Labute approximate surface area is 126 Å². The van der Waals surface area contributed by atoms with Crippen molar-refractivity contribution < 1.29 is 4.79 Å². The summed E-state index contributed by atoms with van der Waals surface area (Å²) < 4.78 is 0. The van der Waals surface area contributed by atoms with E-state index >= 15 is 0 Å². The molecule has 0 heterocycles. The fraction of sp³-hybridized carbons (Fsp3) is 0.562. The molecule has 0 spiro atoms. The van der Waals surface area contributed by atoms with Crippen molar-refractivity contribution in [2.45, 2.75) is 31.2 Å². The Balaban J connectivity index is 2.08. The molecule has 116 valence electrons. The van der Waals surface area contributed by atoms with E-state index in [1.807, 2.05) is 6.07 Å². The summed E-state index contributed by atoms with van der Waals surface area (Å²) in [6, 6.07) is 5.41. The van der Waals surface area contributed by atoms with E-state index in [0.717, 1.165) is 12.2 Å². The molecule has 0 bridgehead atoms. The van der Waals surface area contributed by atoms with Gasteiger partial charge < -0.3 is 21.3 Å². The van der Waals surface area contributed by atoms with Gasteiger partial charge in [0.05, 0.1) is 11.4 Å². The van der Waals surface area contributed by atoms with E-state index in [1.54, 1.807) is 19.2 Å². The summed E-state index contributed by atoms with van der Waals surface area (Å²) in [5.74, 6) is -0.117. The molecular formula is C16H26N4O. The van der Waals surface area contributed by atoms with Gasteiger partial charge in [-0.05, 0) is 45.1 Å². The van der Waals surface area contributed by atoms with Gasteiger partial charge in [-0.1, -0.05) is 12.8 Å². The first-order valence-corrected chi connectivity index (χ1v) is 7.51. The van der Waals surface area contributed by atoms with Crippen LogP contribution in [0.3, 0.4) is 0 Å². The molecule has 0 radical (unpaired) electrons. The van der Waals surface area contributed by atoms with Crippen LogP contribution in [-0.4, -0.2) is 44.0 Å². The van der Waals surface area contributed by atoms with Gasteiger partial charge in [0.2, 0.25) is 0 Å². The Morgan fingerprint density at radius 3 is 2.52 bits per heavy atom. The van der Waals surface area contributed by atoms with Crippen molar-refractivity contribution in [3.05, 3.63) is 23.8 Å². The molecule has 1 amide bonds. The molecule has 0 aromatic heterocycles. The minimum absolute atomic E-state index is 0.117. The molecule has 0 unspecified atom stereocenters. The molecular weight excluding hydrogens is 264 g/mol. The maximum Gasteiger partial charge on any atom is 0.251 e. The lowest BCUT2D eigenvalue weighted by atomic mass is 9.96. The number of carbonyl (C=O) groups is 1. The standard InChI is InChI=1S/C16H26N4O/c1-18-15(21)12-6-7-14(13(17)10-12)19-11-16(20(2)3)8-4-5-9-16/h6-7,10,19H,4-5,8-9,11,17H2,1-3H3,(H,18,21). The zero-order valence-corrected chi connectivity index (χ0v) is 13.2. The maximum absolute atomic E-state index is 11.6. The van der Waals surface area contributed by atoms with E-state index in [9.17, 15) is 4.79 Å². The van der Waals surface area contributed by atoms with Crippen molar-refractivity contribution in [1.82, 2.24) is 10.2 Å². The fourth-order valence-electron chi connectivity index (χ4n) is 3.08. The number of carbonyl (C=O) groups excluding carboxylic acids is 1. The number of hydrogen-bond acceptors (Lipinski definition) is 4. The van der Waals surface area contributed by atoms with Crippen molar-refractivity contribution in [2.75, 3.05) is 38.7 Å². The van der Waals surface area contributed by atoms with Gasteiger partial charge in [-0.3, -0.25) is 4.79 Å². The number of benzene rings is 1. The highest BCUT2D eigenvalue weighted by Gasteiger charge is 2.35. The van der Waals surface area contributed by atoms with E-state index in [0.29, 0.717) is 11.3 Å². The number of amides is 1. The highest BCUT2D eigenvalue weighted by molar-refractivity contribution is 5.95. The summed E-state index contributed by atoms with van der Waals surface area (Å²) in [5, 5.41) is 6.07. The van der Waals surface area contributed by atoms with Gasteiger partial charge in [0.1, 0.15) is 0 Å². The van der Waals surface area contributed by atoms with E-state index in [2.05, 4.69) is 29.6 Å². The van der Waals surface area contributed by atoms with Crippen LogP contribution >= 0.6 is 0 Å². The first-order chi connectivity index (χ1) is 9.98. The van der Waals surface area contributed by atoms with Crippen LogP contribution in [0.2, 0.25) is 0 Å². The van der Waals surface area contributed by atoms with E-state index in [-0.39, 0.29) is 11.4 Å². The average molecular weight is 290 g/mol.